The normalized spacial score (nSPS) is 24.6. The Bertz CT molecular complexity index is 1230. The molecule has 0 radical (unpaired) electrons. The molecule has 3 aliphatic rings. The van der Waals surface area contributed by atoms with E-state index in [0.29, 0.717) is 23.1 Å². The molecule has 0 saturated carbocycles. The second-order valence-corrected chi connectivity index (χ2v) is 10.5. The van der Waals surface area contributed by atoms with Crippen LogP contribution in [0.25, 0.3) is 11.0 Å². The zero-order valence-corrected chi connectivity index (χ0v) is 19.2. The highest BCUT2D eigenvalue weighted by atomic mass is 32.2. The number of thioether (sulfide) groups is 1. The van der Waals surface area contributed by atoms with Crippen LogP contribution in [-0.4, -0.2) is 24.7 Å². The minimum Gasteiger partial charge on any atom is -0.422 e. The van der Waals surface area contributed by atoms with Crippen molar-refractivity contribution >= 4 is 33.5 Å². The molecule has 0 aliphatic carbocycles. The van der Waals surface area contributed by atoms with Crippen LogP contribution in [0, 0.1) is 0 Å². The summed E-state index contributed by atoms with van der Waals surface area (Å²) in [5, 5.41) is 1.66. The van der Waals surface area contributed by atoms with E-state index in [-0.39, 0.29) is 11.0 Å². The molecule has 1 unspecified atom stereocenters. The summed E-state index contributed by atoms with van der Waals surface area (Å²) in [6, 6.07) is 4.23. The third-order valence-corrected chi connectivity index (χ3v) is 7.68. The van der Waals surface area contributed by atoms with Crippen molar-refractivity contribution < 1.29 is 4.42 Å². The summed E-state index contributed by atoms with van der Waals surface area (Å²) in [6.45, 7) is 13.6. The third-order valence-electron chi connectivity index (χ3n) is 6.74. The van der Waals surface area contributed by atoms with Gasteiger partial charge in [-0.1, -0.05) is 57.3 Å². The summed E-state index contributed by atoms with van der Waals surface area (Å²) >= 11 is 1.42. The lowest BCUT2D eigenvalue weighted by molar-refractivity contribution is 0.437. The molecule has 0 fully saturated rings. The van der Waals surface area contributed by atoms with Gasteiger partial charge >= 0.3 is 5.63 Å². The van der Waals surface area contributed by atoms with Crippen molar-refractivity contribution in [2.45, 2.75) is 44.9 Å². The molecule has 0 N–H and O–H groups in total. The lowest BCUT2D eigenvalue weighted by Crippen LogP contribution is -2.41. The van der Waals surface area contributed by atoms with Crippen LogP contribution < -0.4 is 10.5 Å². The number of rotatable bonds is 1. The molecule has 3 aliphatic heterocycles. The maximum Gasteiger partial charge on any atom is 0.346 e. The van der Waals surface area contributed by atoms with Crippen molar-refractivity contribution in [1.82, 2.24) is 0 Å². The van der Waals surface area contributed by atoms with Crippen molar-refractivity contribution in [3.05, 3.63) is 75.0 Å². The Morgan fingerprint density at radius 3 is 2.94 bits per heavy atom. The van der Waals surface area contributed by atoms with E-state index in [9.17, 15) is 4.79 Å². The summed E-state index contributed by atoms with van der Waals surface area (Å²) in [5.41, 5.74) is 4.90. The second kappa shape index (κ2) is 7.56. The van der Waals surface area contributed by atoms with Crippen molar-refractivity contribution in [3.8, 4) is 0 Å². The maximum atomic E-state index is 13.2. The summed E-state index contributed by atoms with van der Waals surface area (Å²) in [5.74, 6) is 0.364. The molecule has 1 aromatic heterocycles. The van der Waals surface area contributed by atoms with Gasteiger partial charge in [-0.3, -0.25) is 4.99 Å². The van der Waals surface area contributed by atoms with Crippen LogP contribution in [0.4, 0.5) is 5.69 Å². The third kappa shape index (κ3) is 3.49. The van der Waals surface area contributed by atoms with Gasteiger partial charge < -0.3 is 9.32 Å². The second-order valence-electron chi connectivity index (χ2n) is 9.36. The molecule has 2 aromatic rings. The summed E-state index contributed by atoms with van der Waals surface area (Å²) in [7, 11) is 0. The Kier molecular flexibility index (Phi) is 4.97. The first kappa shape index (κ1) is 20.4. The average molecular weight is 433 g/mol. The fourth-order valence-corrected chi connectivity index (χ4v) is 5.68. The van der Waals surface area contributed by atoms with E-state index >= 15 is 0 Å². The zero-order valence-electron chi connectivity index (χ0n) is 18.4. The molecule has 4 heterocycles. The lowest BCUT2D eigenvalue weighted by Gasteiger charge is -2.45. The largest absolute Gasteiger partial charge is 0.422 e. The standard InChI is InChI=1S/C26H28N2O2S/c1-16-9-12-28-13-10-26(3,4)20-15-18-14-19(25(29)30-23(18)21(16)22(20)28)24-27-11-7-5-6-8-17(2)31-24/h5-8,14-16H,2,9-13H2,1,3-4H3/b7-5-,8-6-,27-24?. The lowest BCUT2D eigenvalue weighted by atomic mass is 9.73. The number of anilines is 1. The number of aliphatic imine (C=N–C) groups is 1. The van der Waals surface area contributed by atoms with E-state index in [0.717, 1.165) is 41.8 Å². The highest BCUT2D eigenvalue weighted by molar-refractivity contribution is 8.17. The predicted octanol–water partition coefficient (Wildman–Crippen LogP) is 5.91. The topological polar surface area (TPSA) is 45.8 Å². The van der Waals surface area contributed by atoms with Crippen LogP contribution >= 0.6 is 11.8 Å². The number of fused-ring (bicyclic) bond motifs is 2. The Morgan fingerprint density at radius 1 is 1.26 bits per heavy atom. The van der Waals surface area contributed by atoms with Crippen LogP contribution in [0.1, 0.15) is 56.2 Å². The Morgan fingerprint density at radius 2 is 2.10 bits per heavy atom. The highest BCUT2D eigenvalue weighted by Gasteiger charge is 2.38. The van der Waals surface area contributed by atoms with Crippen molar-refractivity contribution in [2.75, 3.05) is 24.5 Å². The number of nitrogens with zero attached hydrogens (tertiary/aromatic N) is 2. The van der Waals surface area contributed by atoms with Gasteiger partial charge in [0, 0.05) is 34.6 Å². The quantitative estimate of drug-likeness (QED) is 0.526. The number of benzene rings is 1. The van der Waals surface area contributed by atoms with Gasteiger partial charge in [0.05, 0.1) is 12.1 Å². The van der Waals surface area contributed by atoms with E-state index in [4.69, 9.17) is 4.42 Å². The average Bonchev–Trinajstić information content (AvgIpc) is 2.83. The predicted molar refractivity (Wildman–Crippen MR) is 132 cm³/mol. The minimum atomic E-state index is -0.325. The summed E-state index contributed by atoms with van der Waals surface area (Å²) in [6.07, 6.45) is 10.0. The fraction of sp³-hybridized carbons (Fsp3) is 0.385. The molecule has 0 spiro atoms. The molecular formula is C26H28N2O2S. The van der Waals surface area contributed by atoms with E-state index in [1.807, 2.05) is 30.4 Å². The Hall–Kier alpha value is -2.53. The molecule has 5 rings (SSSR count). The van der Waals surface area contributed by atoms with Gasteiger partial charge in [0.2, 0.25) is 0 Å². The van der Waals surface area contributed by atoms with Gasteiger partial charge in [0.25, 0.3) is 0 Å². The highest BCUT2D eigenvalue weighted by Crippen LogP contribution is 2.49. The molecule has 160 valence electrons. The monoisotopic (exact) mass is 432 g/mol. The first-order valence-corrected chi connectivity index (χ1v) is 11.8. The van der Waals surface area contributed by atoms with E-state index in [1.54, 1.807) is 0 Å². The molecular weight excluding hydrogens is 404 g/mol. The summed E-state index contributed by atoms with van der Waals surface area (Å²) in [4.78, 5) is 21.1. The van der Waals surface area contributed by atoms with Crippen LogP contribution in [0.15, 0.2) is 62.1 Å². The molecule has 0 amide bonds. The Balaban J connectivity index is 1.75. The van der Waals surface area contributed by atoms with Gasteiger partial charge in [-0.15, -0.1) is 0 Å². The van der Waals surface area contributed by atoms with Crippen LogP contribution in [0.5, 0.6) is 0 Å². The van der Waals surface area contributed by atoms with E-state index < -0.39 is 0 Å². The number of hydrogen-bond donors (Lipinski definition) is 0. The van der Waals surface area contributed by atoms with E-state index in [1.165, 1.54) is 28.6 Å². The van der Waals surface area contributed by atoms with Crippen LogP contribution in [0.2, 0.25) is 0 Å². The Labute approximate surface area is 187 Å². The molecule has 1 atom stereocenters. The smallest absolute Gasteiger partial charge is 0.346 e. The van der Waals surface area contributed by atoms with Gasteiger partial charge in [0.15, 0.2) is 0 Å². The number of hydrogen-bond acceptors (Lipinski definition) is 5. The van der Waals surface area contributed by atoms with Gasteiger partial charge in [-0.05, 0) is 47.9 Å². The first-order valence-electron chi connectivity index (χ1n) is 11.0. The number of allylic oxidation sites excluding steroid dienone is 3. The van der Waals surface area contributed by atoms with Crippen LogP contribution in [0.3, 0.4) is 0 Å². The molecule has 4 nitrogen and oxygen atoms in total. The van der Waals surface area contributed by atoms with Crippen molar-refractivity contribution in [2.24, 2.45) is 4.99 Å². The first-order chi connectivity index (χ1) is 14.8. The summed E-state index contributed by atoms with van der Waals surface area (Å²) < 4.78 is 6.05. The zero-order chi connectivity index (χ0) is 21.8. The SMILES string of the molecule is C=C1/C=C\C=C/CN=C(c2cc3cc4c5c(c3oc2=O)C(C)CCN5CCC4(C)C)S1. The molecule has 5 heteroatoms. The minimum absolute atomic E-state index is 0.0937. The molecule has 0 bridgehead atoms. The van der Waals surface area contributed by atoms with Crippen LogP contribution in [-0.2, 0) is 5.41 Å². The molecule has 0 saturated heterocycles. The van der Waals surface area contributed by atoms with Gasteiger partial charge in [-0.25, -0.2) is 4.79 Å². The molecule has 31 heavy (non-hydrogen) atoms. The fourth-order valence-electron chi connectivity index (χ4n) is 4.89. The maximum absolute atomic E-state index is 13.2. The van der Waals surface area contributed by atoms with Crippen molar-refractivity contribution in [1.29, 1.82) is 0 Å². The van der Waals surface area contributed by atoms with Crippen molar-refractivity contribution in [3.63, 3.8) is 0 Å². The van der Waals surface area contributed by atoms with Gasteiger partial charge in [-0.2, -0.15) is 0 Å². The van der Waals surface area contributed by atoms with Gasteiger partial charge in [0.1, 0.15) is 10.6 Å². The van der Waals surface area contributed by atoms with E-state index in [2.05, 4.69) is 43.3 Å². The molecule has 1 aromatic carbocycles.